The van der Waals surface area contributed by atoms with Crippen molar-refractivity contribution < 1.29 is 24.4 Å². The summed E-state index contributed by atoms with van der Waals surface area (Å²) in [6.07, 6.45) is 4.01. The Morgan fingerprint density at radius 2 is 1.73 bits per heavy atom. The van der Waals surface area contributed by atoms with E-state index in [2.05, 4.69) is 58.8 Å². The second kappa shape index (κ2) is 12.4. The molecule has 1 aliphatic carbocycles. The van der Waals surface area contributed by atoms with E-state index in [-0.39, 0.29) is 22.3 Å². The van der Waals surface area contributed by atoms with Gasteiger partial charge in [-0.1, -0.05) is 48.1 Å². The van der Waals surface area contributed by atoms with Gasteiger partial charge in [-0.3, -0.25) is 10.6 Å². The summed E-state index contributed by atoms with van der Waals surface area (Å²) in [5.74, 6) is 0. The van der Waals surface area contributed by atoms with Gasteiger partial charge in [0.15, 0.2) is 0 Å². The third kappa shape index (κ3) is 12.2. The number of hydrogen-bond donors (Lipinski definition) is 4. The summed E-state index contributed by atoms with van der Waals surface area (Å²) in [5, 5.41) is 26.8. The quantitative estimate of drug-likeness (QED) is 0.191. The second-order valence-corrected chi connectivity index (χ2v) is 11.0. The molecule has 0 spiro atoms. The van der Waals surface area contributed by atoms with Gasteiger partial charge in [0.05, 0.1) is 26.1 Å². The first-order valence-electron chi connectivity index (χ1n) is 11.2. The fourth-order valence-corrected chi connectivity index (χ4v) is 4.42. The normalized spacial score (nSPS) is 26.2. The molecule has 0 aliphatic heterocycles. The van der Waals surface area contributed by atoms with E-state index in [1.165, 1.54) is 6.26 Å². The molecule has 4 atom stereocenters. The Balaban J connectivity index is 2.46. The van der Waals surface area contributed by atoms with Crippen LogP contribution in [0.2, 0.25) is 0 Å². The van der Waals surface area contributed by atoms with E-state index < -0.39 is 12.8 Å². The van der Waals surface area contributed by atoms with Crippen molar-refractivity contribution in [2.75, 3.05) is 26.4 Å². The summed E-state index contributed by atoms with van der Waals surface area (Å²) in [5.41, 5.74) is 0.0851. The van der Waals surface area contributed by atoms with Crippen LogP contribution in [0.5, 0.6) is 0 Å². The van der Waals surface area contributed by atoms with E-state index in [1.807, 2.05) is 0 Å². The van der Waals surface area contributed by atoms with Crippen LogP contribution in [0.4, 0.5) is 0 Å². The molecular formula is C23H46N2O5. The Labute approximate surface area is 183 Å². The third-order valence-corrected chi connectivity index (χ3v) is 5.25. The molecule has 4 unspecified atom stereocenters. The molecule has 0 radical (unpaired) electrons. The first kappa shape index (κ1) is 27.3. The van der Waals surface area contributed by atoms with Gasteiger partial charge < -0.3 is 24.4 Å². The Morgan fingerprint density at radius 1 is 1.07 bits per heavy atom. The fourth-order valence-electron chi connectivity index (χ4n) is 4.42. The van der Waals surface area contributed by atoms with Crippen LogP contribution in [-0.2, 0) is 14.2 Å². The highest BCUT2D eigenvalue weighted by Crippen LogP contribution is 2.45. The zero-order valence-electron chi connectivity index (χ0n) is 20.0. The minimum absolute atomic E-state index is 0.00320. The number of aliphatic hydroxyl groups excluding tert-OH is 2. The lowest BCUT2D eigenvalue weighted by atomic mass is 9.62. The predicted octanol–water partition coefficient (Wildman–Crippen LogP) is 3.32. The van der Waals surface area contributed by atoms with Crippen LogP contribution in [0.3, 0.4) is 0 Å². The molecule has 0 aromatic carbocycles. The highest BCUT2D eigenvalue weighted by molar-refractivity contribution is 4.95. The van der Waals surface area contributed by atoms with E-state index in [0.29, 0.717) is 26.4 Å². The van der Waals surface area contributed by atoms with Crippen molar-refractivity contribution in [1.82, 2.24) is 10.6 Å². The fraction of sp³-hybridized carbons (Fsp3) is 0.913. The molecule has 178 valence electrons. The van der Waals surface area contributed by atoms with Crippen LogP contribution in [0.25, 0.3) is 0 Å². The van der Waals surface area contributed by atoms with Crippen molar-refractivity contribution in [1.29, 1.82) is 0 Å². The Morgan fingerprint density at radius 3 is 2.37 bits per heavy atom. The van der Waals surface area contributed by atoms with Gasteiger partial charge in [-0.15, -0.1) is 0 Å². The number of aliphatic hydroxyl groups is 2. The molecule has 1 saturated carbocycles. The van der Waals surface area contributed by atoms with Gasteiger partial charge in [0, 0.05) is 12.6 Å². The molecule has 1 fully saturated rings. The van der Waals surface area contributed by atoms with Crippen LogP contribution in [0.1, 0.15) is 73.6 Å². The summed E-state index contributed by atoms with van der Waals surface area (Å²) in [6, 6.07) is 0.132. The average molecular weight is 431 g/mol. The maximum Gasteiger partial charge on any atom is 0.213 e. The molecule has 1 rings (SSSR count). The SMILES string of the molecule is C=COCCCCOC(O)NC1CC(C)(C)CC(C)(CNC(O)OCC(C)(C)C)C1. The highest BCUT2D eigenvalue weighted by Gasteiger charge is 2.41. The largest absolute Gasteiger partial charge is 0.502 e. The number of hydrogen-bond acceptors (Lipinski definition) is 7. The zero-order valence-corrected chi connectivity index (χ0v) is 20.0. The molecule has 0 amide bonds. The molecule has 0 aromatic rings. The van der Waals surface area contributed by atoms with E-state index in [9.17, 15) is 10.2 Å². The van der Waals surface area contributed by atoms with Crippen molar-refractivity contribution in [2.24, 2.45) is 16.2 Å². The van der Waals surface area contributed by atoms with Crippen LogP contribution < -0.4 is 10.6 Å². The van der Waals surface area contributed by atoms with Gasteiger partial charge in [-0.25, -0.2) is 0 Å². The summed E-state index contributed by atoms with van der Waals surface area (Å²) in [6.45, 7) is 18.7. The lowest BCUT2D eigenvalue weighted by Gasteiger charge is -2.47. The number of ether oxygens (including phenoxy) is 3. The van der Waals surface area contributed by atoms with Gasteiger partial charge in [0.1, 0.15) is 0 Å². The maximum atomic E-state index is 10.3. The van der Waals surface area contributed by atoms with Crippen LogP contribution in [0, 0.1) is 16.2 Å². The van der Waals surface area contributed by atoms with Crippen LogP contribution in [0.15, 0.2) is 12.8 Å². The first-order valence-corrected chi connectivity index (χ1v) is 11.2. The van der Waals surface area contributed by atoms with E-state index >= 15 is 0 Å². The lowest BCUT2D eigenvalue weighted by molar-refractivity contribution is -0.147. The highest BCUT2D eigenvalue weighted by atomic mass is 16.6. The molecule has 0 saturated heterocycles. The Bertz CT molecular complexity index is 494. The van der Waals surface area contributed by atoms with Crippen molar-refractivity contribution >= 4 is 0 Å². The maximum absolute atomic E-state index is 10.3. The van der Waals surface area contributed by atoms with Gasteiger partial charge in [0.2, 0.25) is 12.8 Å². The smallest absolute Gasteiger partial charge is 0.213 e. The average Bonchev–Trinajstić information content (AvgIpc) is 2.59. The molecule has 7 heteroatoms. The molecule has 0 heterocycles. The Hall–Kier alpha value is -0.700. The van der Waals surface area contributed by atoms with E-state index in [1.54, 1.807) is 0 Å². The standard InChI is InChI=1S/C23H46N2O5/c1-8-28-11-9-10-12-29-20(27)25-18-13-22(5,6)15-23(7,14-18)16-24-19(26)30-17-21(2,3)4/h8,18-20,24-27H,1,9-17H2,2-7H3. The van der Waals surface area contributed by atoms with E-state index in [4.69, 9.17) is 14.2 Å². The second-order valence-electron chi connectivity index (χ2n) is 11.0. The van der Waals surface area contributed by atoms with Crippen LogP contribution in [-0.4, -0.2) is 55.4 Å². The summed E-state index contributed by atoms with van der Waals surface area (Å²) < 4.78 is 16.1. The molecule has 4 N–H and O–H groups in total. The zero-order chi connectivity index (χ0) is 22.8. The Kier molecular flexibility index (Phi) is 11.3. The monoisotopic (exact) mass is 430 g/mol. The summed E-state index contributed by atoms with van der Waals surface area (Å²) >= 11 is 0. The number of rotatable bonds is 14. The third-order valence-electron chi connectivity index (χ3n) is 5.25. The van der Waals surface area contributed by atoms with Gasteiger partial charge in [0.25, 0.3) is 0 Å². The van der Waals surface area contributed by atoms with Gasteiger partial charge in [-0.2, -0.15) is 0 Å². The predicted molar refractivity (Wildman–Crippen MR) is 119 cm³/mol. The van der Waals surface area contributed by atoms with Gasteiger partial charge >= 0.3 is 0 Å². The molecular weight excluding hydrogens is 384 g/mol. The number of nitrogens with one attached hydrogen (secondary N) is 2. The minimum Gasteiger partial charge on any atom is -0.502 e. The van der Waals surface area contributed by atoms with Crippen molar-refractivity contribution in [2.45, 2.75) is 92.5 Å². The molecule has 30 heavy (non-hydrogen) atoms. The lowest BCUT2D eigenvalue weighted by Crippen LogP contribution is -2.52. The topological polar surface area (TPSA) is 92.2 Å². The van der Waals surface area contributed by atoms with E-state index in [0.717, 1.165) is 32.1 Å². The molecule has 0 bridgehead atoms. The van der Waals surface area contributed by atoms with Crippen LogP contribution >= 0.6 is 0 Å². The number of unbranched alkanes of at least 4 members (excludes halogenated alkanes) is 1. The molecule has 7 nitrogen and oxygen atoms in total. The minimum atomic E-state index is -0.984. The van der Waals surface area contributed by atoms with Crippen molar-refractivity contribution in [3.8, 4) is 0 Å². The van der Waals surface area contributed by atoms with Crippen molar-refractivity contribution in [3.63, 3.8) is 0 Å². The molecule has 0 aromatic heterocycles. The first-order chi connectivity index (χ1) is 13.8. The van der Waals surface area contributed by atoms with Crippen molar-refractivity contribution in [3.05, 3.63) is 12.8 Å². The van der Waals surface area contributed by atoms with Gasteiger partial charge in [-0.05, 0) is 48.3 Å². The summed E-state index contributed by atoms with van der Waals surface area (Å²) in [4.78, 5) is 0. The molecule has 1 aliphatic rings. The summed E-state index contributed by atoms with van der Waals surface area (Å²) in [7, 11) is 0.